The molecule has 0 bridgehead atoms. The number of alkyl halides is 3. The van der Waals surface area contributed by atoms with Gasteiger partial charge in [0.1, 0.15) is 11.5 Å². The molecule has 34 heavy (non-hydrogen) atoms. The lowest BCUT2D eigenvalue weighted by Gasteiger charge is -2.42. The number of phenols is 1. The highest BCUT2D eigenvalue weighted by atomic mass is 19.4. The van der Waals surface area contributed by atoms with Crippen molar-refractivity contribution in [3.63, 3.8) is 0 Å². The first-order valence-corrected chi connectivity index (χ1v) is 10.7. The van der Waals surface area contributed by atoms with E-state index in [0.29, 0.717) is 5.56 Å². The maximum Gasteiger partial charge on any atom is 0.573 e. The zero-order valence-electron chi connectivity index (χ0n) is 17.9. The molecule has 3 atom stereocenters. The van der Waals surface area contributed by atoms with Crippen LogP contribution in [0.25, 0.3) is 0 Å². The van der Waals surface area contributed by atoms with Crippen LogP contribution in [0.3, 0.4) is 0 Å². The number of rotatable bonds is 5. The van der Waals surface area contributed by atoms with Gasteiger partial charge < -0.3 is 14.7 Å². The Hall–Kier alpha value is -3.78. The molecule has 174 valence electrons. The highest BCUT2D eigenvalue weighted by Crippen LogP contribution is 2.47. The van der Waals surface area contributed by atoms with Crippen LogP contribution < -0.4 is 4.74 Å². The van der Waals surface area contributed by atoms with Gasteiger partial charge in [-0.1, -0.05) is 59.8 Å². The molecule has 2 aliphatic heterocycles. The molecule has 0 amide bonds. The Morgan fingerprint density at radius 2 is 1.82 bits per heavy atom. The Kier molecular flexibility index (Phi) is 5.53. The Morgan fingerprint density at radius 3 is 2.56 bits per heavy atom. The van der Waals surface area contributed by atoms with Crippen molar-refractivity contribution in [2.24, 2.45) is 5.16 Å². The fourth-order valence-corrected chi connectivity index (χ4v) is 4.70. The van der Waals surface area contributed by atoms with Gasteiger partial charge >= 0.3 is 6.36 Å². The smallest absolute Gasteiger partial charge is 0.508 e. The van der Waals surface area contributed by atoms with E-state index in [9.17, 15) is 18.3 Å². The van der Waals surface area contributed by atoms with Crippen molar-refractivity contribution in [3.8, 4) is 11.5 Å². The van der Waals surface area contributed by atoms with Crippen LogP contribution in [0.1, 0.15) is 34.2 Å². The second kappa shape index (κ2) is 8.53. The van der Waals surface area contributed by atoms with Gasteiger partial charge in [-0.2, -0.15) is 0 Å². The second-order valence-corrected chi connectivity index (χ2v) is 8.18. The molecule has 1 N–H and O–H groups in total. The third-order valence-electron chi connectivity index (χ3n) is 6.04. The van der Waals surface area contributed by atoms with Crippen molar-refractivity contribution < 1.29 is 27.9 Å². The van der Waals surface area contributed by atoms with Gasteiger partial charge in [0, 0.05) is 12.1 Å². The van der Waals surface area contributed by atoms with E-state index < -0.39 is 12.6 Å². The fraction of sp³-hybridized carbons (Fsp3) is 0.192. The van der Waals surface area contributed by atoms with E-state index in [1.807, 2.05) is 41.3 Å². The molecule has 8 heteroatoms. The number of ether oxygens (including phenoxy) is 1. The molecule has 0 aliphatic carbocycles. The lowest BCUT2D eigenvalue weighted by Crippen LogP contribution is -2.46. The van der Waals surface area contributed by atoms with Gasteiger partial charge in [0.15, 0.2) is 6.23 Å². The molecular weight excluding hydrogens is 445 g/mol. The molecular formula is C26H21F3N2O3. The molecule has 3 aromatic rings. The number of benzene rings is 3. The molecule has 5 rings (SSSR count). The number of fused-ring (bicyclic) bond motifs is 3. The fourth-order valence-electron chi connectivity index (χ4n) is 4.70. The number of aromatic hydroxyl groups is 1. The van der Waals surface area contributed by atoms with Crippen molar-refractivity contribution >= 4 is 5.71 Å². The summed E-state index contributed by atoms with van der Waals surface area (Å²) in [6.45, 7) is 4.22. The van der Waals surface area contributed by atoms with E-state index in [2.05, 4.69) is 16.5 Å². The van der Waals surface area contributed by atoms with Gasteiger partial charge in [0.25, 0.3) is 0 Å². The topological polar surface area (TPSA) is 54.3 Å². The van der Waals surface area contributed by atoms with Crippen LogP contribution in [-0.2, 0) is 11.4 Å². The largest absolute Gasteiger partial charge is 0.573 e. The van der Waals surface area contributed by atoms with E-state index in [1.165, 1.54) is 18.2 Å². The van der Waals surface area contributed by atoms with Crippen molar-refractivity contribution in [2.75, 3.05) is 0 Å². The van der Waals surface area contributed by atoms with E-state index in [4.69, 9.17) is 4.84 Å². The third-order valence-corrected chi connectivity index (χ3v) is 6.04. The van der Waals surface area contributed by atoms with Crippen LogP contribution in [0.4, 0.5) is 13.2 Å². The quantitative estimate of drug-likeness (QED) is 0.478. The zero-order valence-corrected chi connectivity index (χ0v) is 17.9. The molecule has 0 fully saturated rings. The van der Waals surface area contributed by atoms with Crippen LogP contribution in [-0.4, -0.2) is 28.3 Å². The molecule has 0 radical (unpaired) electrons. The van der Waals surface area contributed by atoms with E-state index in [-0.39, 0.29) is 30.0 Å². The summed E-state index contributed by atoms with van der Waals surface area (Å²) in [5.41, 5.74) is 4.06. The Labute approximate surface area is 194 Å². The molecule has 3 aromatic carbocycles. The van der Waals surface area contributed by atoms with E-state index >= 15 is 0 Å². The van der Waals surface area contributed by atoms with E-state index in [1.54, 1.807) is 24.3 Å². The molecule has 0 spiro atoms. The van der Waals surface area contributed by atoms with Gasteiger partial charge in [-0.05, 0) is 41.0 Å². The first kappa shape index (κ1) is 22.0. The first-order chi connectivity index (χ1) is 16.3. The number of hydrogen-bond acceptors (Lipinski definition) is 5. The summed E-state index contributed by atoms with van der Waals surface area (Å²) in [5.74, 6) is -0.439. The molecule has 0 aromatic heterocycles. The molecule has 5 nitrogen and oxygen atoms in total. The molecule has 0 unspecified atom stereocenters. The highest BCUT2D eigenvalue weighted by molar-refractivity contribution is 6.06. The second-order valence-electron chi connectivity index (χ2n) is 8.18. The van der Waals surface area contributed by atoms with Crippen LogP contribution in [0.15, 0.2) is 90.6 Å². The standard InChI is InChI=1S/C26H21F3N2O3/c1-2-22-21-14-18(32)11-12-20(21)23-24(17-8-4-3-5-9-17)30-34-25(23)31(22)15-16-7-6-10-19(13-16)33-26(27,28)29/h2-14,22-23,25,32H,1,15H2/t22-,23+,25-/m1/s1. The predicted molar refractivity (Wildman–Crippen MR) is 120 cm³/mol. The Morgan fingerprint density at radius 1 is 1.03 bits per heavy atom. The van der Waals surface area contributed by atoms with Gasteiger partial charge in [0.2, 0.25) is 0 Å². The van der Waals surface area contributed by atoms with Crippen molar-refractivity contribution in [3.05, 3.63) is 108 Å². The average Bonchev–Trinajstić information content (AvgIpc) is 3.24. The minimum absolute atomic E-state index is 0.113. The van der Waals surface area contributed by atoms with Gasteiger partial charge in [-0.15, -0.1) is 19.8 Å². The Balaban J connectivity index is 1.55. The third kappa shape index (κ3) is 4.12. The summed E-state index contributed by atoms with van der Waals surface area (Å²) in [6.07, 6.45) is -3.56. The van der Waals surface area contributed by atoms with Crippen LogP contribution in [0.2, 0.25) is 0 Å². The van der Waals surface area contributed by atoms with Crippen molar-refractivity contribution in [2.45, 2.75) is 31.1 Å². The monoisotopic (exact) mass is 466 g/mol. The summed E-state index contributed by atoms with van der Waals surface area (Å²) in [7, 11) is 0. The number of phenolic OH excluding ortho intramolecular Hbond substituents is 1. The van der Waals surface area contributed by atoms with Gasteiger partial charge in [-0.25, -0.2) is 0 Å². The normalized spacial score (nSPS) is 21.7. The summed E-state index contributed by atoms with van der Waals surface area (Å²) in [6, 6.07) is 20.3. The van der Waals surface area contributed by atoms with Crippen molar-refractivity contribution in [1.82, 2.24) is 4.90 Å². The lowest BCUT2D eigenvalue weighted by molar-refractivity contribution is -0.274. The van der Waals surface area contributed by atoms with E-state index in [0.717, 1.165) is 22.4 Å². The van der Waals surface area contributed by atoms with Gasteiger partial charge in [0.05, 0.1) is 17.7 Å². The maximum atomic E-state index is 12.7. The Bertz CT molecular complexity index is 1240. The zero-order chi connectivity index (χ0) is 23.9. The highest BCUT2D eigenvalue weighted by Gasteiger charge is 2.47. The molecule has 0 saturated carbocycles. The van der Waals surface area contributed by atoms with Crippen LogP contribution in [0, 0.1) is 0 Å². The number of hydrogen-bond donors (Lipinski definition) is 1. The maximum absolute atomic E-state index is 12.7. The number of nitrogens with zero attached hydrogens (tertiary/aromatic N) is 2. The summed E-state index contributed by atoms with van der Waals surface area (Å²) >= 11 is 0. The van der Waals surface area contributed by atoms with Gasteiger partial charge in [-0.3, -0.25) is 4.90 Å². The minimum Gasteiger partial charge on any atom is -0.508 e. The molecule has 2 aliphatic rings. The van der Waals surface area contributed by atoms with Crippen LogP contribution in [0.5, 0.6) is 11.5 Å². The first-order valence-electron chi connectivity index (χ1n) is 10.7. The molecule has 2 heterocycles. The number of oxime groups is 1. The summed E-state index contributed by atoms with van der Waals surface area (Å²) in [5, 5.41) is 14.6. The molecule has 0 saturated heterocycles. The minimum atomic E-state index is -4.78. The summed E-state index contributed by atoms with van der Waals surface area (Å²) in [4.78, 5) is 7.91. The van der Waals surface area contributed by atoms with Crippen molar-refractivity contribution in [1.29, 1.82) is 0 Å². The SMILES string of the molecule is C=C[C@@H]1c2cc(O)ccc2[C@H]2C(c3ccccc3)=NO[C@H]2N1Cc1cccc(OC(F)(F)F)c1. The lowest BCUT2D eigenvalue weighted by atomic mass is 9.79. The number of halogens is 3. The van der Waals surface area contributed by atoms with Crippen LogP contribution >= 0.6 is 0 Å². The average molecular weight is 466 g/mol. The predicted octanol–water partition coefficient (Wildman–Crippen LogP) is 5.88. The summed E-state index contributed by atoms with van der Waals surface area (Å²) < 4.78 is 42.3.